The second-order valence-electron chi connectivity index (χ2n) is 3.97. The standard InChI is InChI=1S/C8H15F2N/c1-6(2)3-4-7(11)5-8(7,9)10/h6H,3-5,11H2,1-2H3. The molecule has 2 N–H and O–H groups in total. The fourth-order valence-electron chi connectivity index (χ4n) is 1.17. The molecule has 1 unspecified atom stereocenters. The smallest absolute Gasteiger partial charge is 0.267 e. The van der Waals surface area contributed by atoms with Gasteiger partial charge in [0.25, 0.3) is 5.92 Å². The first kappa shape index (κ1) is 8.91. The first-order valence-corrected chi connectivity index (χ1v) is 4.04. The second-order valence-corrected chi connectivity index (χ2v) is 3.97. The fraction of sp³-hybridized carbons (Fsp3) is 1.00. The van der Waals surface area contributed by atoms with Gasteiger partial charge in [0, 0.05) is 6.42 Å². The molecule has 0 aliphatic heterocycles. The molecule has 3 heteroatoms. The third-order valence-corrected chi connectivity index (χ3v) is 2.31. The summed E-state index contributed by atoms with van der Waals surface area (Å²) in [6.45, 7) is 4.04. The average molecular weight is 163 g/mol. The maximum Gasteiger partial charge on any atom is 0.267 e. The van der Waals surface area contributed by atoms with Gasteiger partial charge in [-0.2, -0.15) is 0 Å². The topological polar surface area (TPSA) is 26.0 Å². The van der Waals surface area contributed by atoms with Crippen LogP contribution in [0.25, 0.3) is 0 Å². The Kier molecular flexibility index (Phi) is 1.95. The monoisotopic (exact) mass is 163 g/mol. The lowest BCUT2D eigenvalue weighted by atomic mass is 10.0. The summed E-state index contributed by atoms with van der Waals surface area (Å²) in [4.78, 5) is 0. The van der Waals surface area contributed by atoms with E-state index in [4.69, 9.17) is 5.73 Å². The van der Waals surface area contributed by atoms with E-state index in [1.165, 1.54) is 0 Å². The van der Waals surface area contributed by atoms with Crippen LogP contribution in [0, 0.1) is 5.92 Å². The molecule has 1 fully saturated rings. The normalized spacial score (nSPS) is 34.4. The minimum absolute atomic E-state index is 0.118. The second kappa shape index (κ2) is 2.41. The summed E-state index contributed by atoms with van der Waals surface area (Å²) in [5.74, 6) is -2.12. The molecule has 0 aromatic carbocycles. The number of rotatable bonds is 3. The molecule has 0 bridgehead atoms. The Morgan fingerprint density at radius 2 is 1.91 bits per heavy atom. The molecule has 1 atom stereocenters. The van der Waals surface area contributed by atoms with Crippen molar-refractivity contribution in [3.05, 3.63) is 0 Å². The van der Waals surface area contributed by atoms with Gasteiger partial charge in [-0.05, 0) is 18.8 Å². The van der Waals surface area contributed by atoms with Gasteiger partial charge in [-0.25, -0.2) is 8.78 Å². The first-order valence-electron chi connectivity index (χ1n) is 4.04. The quantitative estimate of drug-likeness (QED) is 0.677. The van der Waals surface area contributed by atoms with Gasteiger partial charge >= 0.3 is 0 Å². The predicted octanol–water partition coefficient (Wildman–Crippen LogP) is 2.16. The van der Waals surface area contributed by atoms with E-state index in [1.807, 2.05) is 13.8 Å². The van der Waals surface area contributed by atoms with E-state index in [2.05, 4.69) is 0 Å². The van der Waals surface area contributed by atoms with E-state index < -0.39 is 11.5 Å². The number of hydrogen-bond donors (Lipinski definition) is 1. The van der Waals surface area contributed by atoms with Crippen molar-refractivity contribution in [3.63, 3.8) is 0 Å². The lowest BCUT2D eigenvalue weighted by Crippen LogP contribution is -2.30. The van der Waals surface area contributed by atoms with Crippen LogP contribution >= 0.6 is 0 Å². The third kappa shape index (κ3) is 1.70. The molecular formula is C8H15F2N. The van der Waals surface area contributed by atoms with E-state index in [0.29, 0.717) is 12.3 Å². The maximum absolute atomic E-state index is 12.5. The van der Waals surface area contributed by atoms with Crippen LogP contribution in [-0.2, 0) is 0 Å². The van der Waals surface area contributed by atoms with Gasteiger partial charge in [0.05, 0.1) is 5.54 Å². The van der Waals surface area contributed by atoms with Crippen LogP contribution in [0.2, 0.25) is 0 Å². The van der Waals surface area contributed by atoms with Crippen molar-refractivity contribution in [1.29, 1.82) is 0 Å². The van der Waals surface area contributed by atoms with E-state index in [1.54, 1.807) is 0 Å². The Balaban J connectivity index is 2.29. The van der Waals surface area contributed by atoms with Crippen molar-refractivity contribution in [1.82, 2.24) is 0 Å². The molecule has 0 amide bonds. The molecule has 0 aromatic heterocycles. The third-order valence-electron chi connectivity index (χ3n) is 2.31. The molecule has 0 radical (unpaired) electrons. The summed E-state index contributed by atoms with van der Waals surface area (Å²) in [5, 5.41) is 0. The Morgan fingerprint density at radius 1 is 1.45 bits per heavy atom. The first-order chi connectivity index (χ1) is 4.87. The fourth-order valence-corrected chi connectivity index (χ4v) is 1.17. The van der Waals surface area contributed by atoms with E-state index >= 15 is 0 Å². The van der Waals surface area contributed by atoms with Gasteiger partial charge < -0.3 is 5.73 Å². The number of hydrogen-bond acceptors (Lipinski definition) is 1. The van der Waals surface area contributed by atoms with Crippen molar-refractivity contribution < 1.29 is 8.78 Å². The van der Waals surface area contributed by atoms with Gasteiger partial charge in [0.1, 0.15) is 0 Å². The molecule has 1 nitrogen and oxygen atoms in total. The predicted molar refractivity (Wildman–Crippen MR) is 40.6 cm³/mol. The van der Waals surface area contributed by atoms with Gasteiger partial charge in [-0.3, -0.25) is 0 Å². The summed E-state index contributed by atoms with van der Waals surface area (Å²) >= 11 is 0. The molecule has 0 aromatic rings. The van der Waals surface area contributed by atoms with Gasteiger partial charge in [0.2, 0.25) is 0 Å². The zero-order valence-corrected chi connectivity index (χ0v) is 7.03. The van der Waals surface area contributed by atoms with Crippen LogP contribution < -0.4 is 5.73 Å². The average Bonchev–Trinajstić information content (AvgIpc) is 2.29. The Hall–Kier alpha value is -0.180. The number of nitrogens with two attached hydrogens (primary N) is 1. The Bertz CT molecular complexity index is 156. The van der Waals surface area contributed by atoms with Crippen molar-refractivity contribution in [2.75, 3.05) is 0 Å². The van der Waals surface area contributed by atoms with Crippen LogP contribution in [0.15, 0.2) is 0 Å². The molecule has 0 heterocycles. The van der Waals surface area contributed by atoms with Crippen molar-refractivity contribution in [2.24, 2.45) is 11.7 Å². The highest BCUT2D eigenvalue weighted by molar-refractivity contribution is 5.15. The minimum Gasteiger partial charge on any atom is -0.320 e. The molecule has 1 rings (SSSR count). The lowest BCUT2D eigenvalue weighted by molar-refractivity contribution is 0.0857. The summed E-state index contributed by atoms with van der Waals surface area (Å²) in [7, 11) is 0. The number of alkyl halides is 2. The Morgan fingerprint density at radius 3 is 2.18 bits per heavy atom. The zero-order valence-electron chi connectivity index (χ0n) is 7.03. The molecule has 66 valence electrons. The molecule has 0 spiro atoms. The van der Waals surface area contributed by atoms with Crippen LogP contribution in [0.1, 0.15) is 33.1 Å². The Labute approximate surface area is 66.0 Å². The van der Waals surface area contributed by atoms with E-state index in [-0.39, 0.29) is 6.42 Å². The van der Waals surface area contributed by atoms with Crippen molar-refractivity contribution in [3.8, 4) is 0 Å². The summed E-state index contributed by atoms with van der Waals surface area (Å²) < 4.78 is 25.0. The zero-order chi connectivity index (χ0) is 8.70. The minimum atomic E-state index is -2.58. The van der Waals surface area contributed by atoms with Crippen LogP contribution in [0.3, 0.4) is 0 Å². The SMILES string of the molecule is CC(C)CCC1(N)CC1(F)F. The molecule has 11 heavy (non-hydrogen) atoms. The van der Waals surface area contributed by atoms with Gasteiger partial charge in [-0.1, -0.05) is 13.8 Å². The number of halogens is 2. The highest BCUT2D eigenvalue weighted by atomic mass is 19.3. The van der Waals surface area contributed by atoms with Crippen LogP contribution in [0.4, 0.5) is 8.78 Å². The lowest BCUT2D eigenvalue weighted by Gasteiger charge is -2.11. The molecule has 1 saturated carbocycles. The van der Waals surface area contributed by atoms with Crippen LogP contribution in [0.5, 0.6) is 0 Å². The van der Waals surface area contributed by atoms with Crippen LogP contribution in [-0.4, -0.2) is 11.5 Å². The molecular weight excluding hydrogens is 148 g/mol. The van der Waals surface area contributed by atoms with Gasteiger partial charge in [0.15, 0.2) is 0 Å². The van der Waals surface area contributed by atoms with Gasteiger partial charge in [-0.15, -0.1) is 0 Å². The van der Waals surface area contributed by atoms with E-state index in [0.717, 1.165) is 6.42 Å². The highest BCUT2D eigenvalue weighted by Crippen LogP contribution is 2.53. The van der Waals surface area contributed by atoms with E-state index in [9.17, 15) is 8.78 Å². The molecule has 1 aliphatic carbocycles. The highest BCUT2D eigenvalue weighted by Gasteiger charge is 2.68. The molecule has 1 aliphatic rings. The maximum atomic E-state index is 12.5. The molecule has 0 saturated heterocycles. The van der Waals surface area contributed by atoms with Crippen molar-refractivity contribution >= 4 is 0 Å². The van der Waals surface area contributed by atoms with Crippen molar-refractivity contribution in [2.45, 2.75) is 44.6 Å². The largest absolute Gasteiger partial charge is 0.320 e. The summed E-state index contributed by atoms with van der Waals surface area (Å²) in [6, 6.07) is 0. The summed E-state index contributed by atoms with van der Waals surface area (Å²) in [6.07, 6.45) is 1.14. The summed E-state index contributed by atoms with van der Waals surface area (Å²) in [5.41, 5.74) is 4.27.